The van der Waals surface area contributed by atoms with Crippen LogP contribution in [-0.4, -0.2) is 84.1 Å². The normalized spacial score (nSPS) is 17.7. The minimum atomic E-state index is -1.15. The van der Waals surface area contributed by atoms with Crippen LogP contribution in [0.2, 0.25) is 0 Å². The second kappa shape index (κ2) is 21.7. The molecule has 0 spiro atoms. The number of ether oxygens (including phenoxy) is 2. The highest BCUT2D eigenvalue weighted by atomic mass is 16.5. The van der Waals surface area contributed by atoms with Crippen LogP contribution in [-0.2, 0) is 44.8 Å². The van der Waals surface area contributed by atoms with Crippen molar-refractivity contribution in [3.05, 3.63) is 48.6 Å². The molecule has 13 nitrogen and oxygen atoms in total. The number of carbonyl (C=O) groups is 7. The molecule has 286 valence electrons. The molecule has 0 radical (unpaired) electrons. The molecule has 0 aromatic heterocycles. The lowest BCUT2D eigenvalue weighted by Crippen LogP contribution is -2.54. The first-order valence-electron chi connectivity index (χ1n) is 18.6. The fraction of sp³-hybridized carbons (Fsp3) is 0.615. The maximum atomic E-state index is 14.4. The molecule has 1 aliphatic carbocycles. The molecule has 2 aliphatic rings. The van der Waals surface area contributed by atoms with Crippen molar-refractivity contribution in [2.75, 3.05) is 19.7 Å². The molecule has 4 atom stereocenters. The highest BCUT2D eigenvalue weighted by molar-refractivity contribution is 6.38. The van der Waals surface area contributed by atoms with Crippen LogP contribution in [0.4, 0.5) is 4.79 Å². The molecule has 3 rings (SSSR count). The Kier molecular flexibility index (Phi) is 17.5. The predicted octanol–water partition coefficient (Wildman–Crippen LogP) is 4.17. The van der Waals surface area contributed by atoms with E-state index in [-0.39, 0.29) is 49.6 Å². The number of Topliss-reactive ketones (excluding diaryl/α,β-unsaturated/α-hetero) is 2. The summed E-state index contributed by atoms with van der Waals surface area (Å²) in [5.74, 6) is -4.44. The van der Waals surface area contributed by atoms with Gasteiger partial charge in [0.1, 0.15) is 25.8 Å². The van der Waals surface area contributed by atoms with E-state index in [2.05, 4.69) is 22.5 Å². The van der Waals surface area contributed by atoms with Crippen LogP contribution in [0.1, 0.15) is 97.0 Å². The molecule has 2 fully saturated rings. The van der Waals surface area contributed by atoms with E-state index in [9.17, 15) is 33.6 Å². The van der Waals surface area contributed by atoms with Crippen molar-refractivity contribution in [2.45, 2.75) is 116 Å². The molecule has 1 aromatic carbocycles. The van der Waals surface area contributed by atoms with Gasteiger partial charge >= 0.3 is 12.1 Å². The third-order valence-electron chi connectivity index (χ3n) is 9.59. The zero-order chi connectivity index (χ0) is 38.0. The van der Waals surface area contributed by atoms with Gasteiger partial charge in [0.15, 0.2) is 5.78 Å². The van der Waals surface area contributed by atoms with Crippen LogP contribution in [0, 0.1) is 17.8 Å². The first kappa shape index (κ1) is 41.9. The van der Waals surface area contributed by atoms with Crippen LogP contribution in [0.15, 0.2) is 43.0 Å². The van der Waals surface area contributed by atoms with Crippen molar-refractivity contribution in [1.29, 1.82) is 0 Å². The van der Waals surface area contributed by atoms with Gasteiger partial charge in [-0.15, -0.1) is 0 Å². The lowest BCUT2D eigenvalue weighted by Gasteiger charge is -2.35. The summed E-state index contributed by atoms with van der Waals surface area (Å²) in [5.41, 5.74) is 0.812. The molecule has 13 heteroatoms. The SMILES string of the molecule is C=CCOC(=O)CNC(=O)C(=O)C(CCC)NC(=O)[C@@H]1CCCN1C(=O)[C@@H](CC(=O)[C@H](CC(C)C)NC(=O)OCc1ccccc1)C1CCCCC1. The molecule has 3 N–H and O–H groups in total. The number of nitrogens with one attached hydrogen (secondary N) is 3. The number of esters is 1. The van der Waals surface area contributed by atoms with Gasteiger partial charge in [-0.1, -0.05) is 89.4 Å². The predicted molar refractivity (Wildman–Crippen MR) is 193 cm³/mol. The third-order valence-corrected chi connectivity index (χ3v) is 9.59. The van der Waals surface area contributed by atoms with E-state index in [1.807, 2.05) is 44.2 Å². The third kappa shape index (κ3) is 13.2. The second-order valence-corrected chi connectivity index (χ2v) is 14.1. The van der Waals surface area contributed by atoms with E-state index in [0.717, 1.165) is 37.7 Å². The average molecular weight is 725 g/mol. The summed E-state index contributed by atoms with van der Waals surface area (Å²) >= 11 is 0. The van der Waals surface area contributed by atoms with E-state index in [1.54, 1.807) is 6.92 Å². The summed E-state index contributed by atoms with van der Waals surface area (Å²) in [6.45, 7) is 8.96. The number of rotatable bonds is 20. The number of amides is 4. The molecule has 4 amide bonds. The number of alkyl carbamates (subject to hydrolysis) is 1. The van der Waals surface area contributed by atoms with Crippen molar-refractivity contribution >= 4 is 41.4 Å². The monoisotopic (exact) mass is 724 g/mol. The second-order valence-electron chi connectivity index (χ2n) is 14.1. The molecule has 1 saturated heterocycles. The molecule has 1 saturated carbocycles. The Labute approximate surface area is 307 Å². The van der Waals surface area contributed by atoms with E-state index in [1.165, 1.54) is 11.0 Å². The van der Waals surface area contributed by atoms with E-state index in [0.29, 0.717) is 32.2 Å². The van der Waals surface area contributed by atoms with Crippen LogP contribution >= 0.6 is 0 Å². The molecule has 1 unspecified atom stereocenters. The van der Waals surface area contributed by atoms with Crippen LogP contribution in [0.25, 0.3) is 0 Å². The van der Waals surface area contributed by atoms with Gasteiger partial charge in [-0.25, -0.2) is 4.79 Å². The van der Waals surface area contributed by atoms with E-state index >= 15 is 0 Å². The van der Waals surface area contributed by atoms with Gasteiger partial charge in [-0.05, 0) is 55.9 Å². The number of nitrogens with zero attached hydrogens (tertiary/aromatic N) is 1. The number of ketones is 2. The van der Waals surface area contributed by atoms with Crippen LogP contribution in [0.3, 0.4) is 0 Å². The zero-order valence-electron chi connectivity index (χ0n) is 30.9. The number of benzene rings is 1. The van der Waals surface area contributed by atoms with Crippen LogP contribution < -0.4 is 16.0 Å². The minimum absolute atomic E-state index is 0.0389. The minimum Gasteiger partial charge on any atom is -0.460 e. The summed E-state index contributed by atoms with van der Waals surface area (Å²) in [5, 5.41) is 7.67. The van der Waals surface area contributed by atoms with Gasteiger partial charge in [0.25, 0.3) is 5.91 Å². The summed E-state index contributed by atoms with van der Waals surface area (Å²) in [6.07, 6.45) is 6.98. The number of hydrogen-bond acceptors (Lipinski definition) is 9. The Morgan fingerprint density at radius 1 is 0.923 bits per heavy atom. The van der Waals surface area contributed by atoms with E-state index in [4.69, 9.17) is 9.47 Å². The zero-order valence-corrected chi connectivity index (χ0v) is 30.9. The lowest BCUT2D eigenvalue weighted by molar-refractivity contribution is -0.146. The molecule has 1 aliphatic heterocycles. The number of carbonyl (C=O) groups excluding carboxylic acids is 7. The maximum absolute atomic E-state index is 14.4. The van der Waals surface area contributed by atoms with E-state index < -0.39 is 60.2 Å². The topological polar surface area (TPSA) is 177 Å². The van der Waals surface area contributed by atoms with Crippen molar-refractivity contribution in [1.82, 2.24) is 20.9 Å². The van der Waals surface area contributed by atoms with Gasteiger partial charge in [-0.2, -0.15) is 0 Å². The van der Waals surface area contributed by atoms with Crippen molar-refractivity contribution in [3.63, 3.8) is 0 Å². The fourth-order valence-electron chi connectivity index (χ4n) is 6.94. The molecule has 52 heavy (non-hydrogen) atoms. The van der Waals surface area contributed by atoms with Crippen molar-refractivity contribution < 1.29 is 43.0 Å². The summed E-state index contributed by atoms with van der Waals surface area (Å²) < 4.78 is 10.2. The standard InChI is InChI=1S/C39H56N4O9/c1-5-14-30(35(46)37(48)40-24-34(45)51-21-6-2)41-36(47)32-19-13-20-43(32)38(49)29(28-17-11-8-12-18-28)23-33(44)31(22-26(3)4)42-39(50)52-25-27-15-9-7-10-16-27/h6-7,9-10,15-16,26,28-32H,2,5,8,11-14,17-25H2,1,3-4H3,(H,40,48)(H,41,47)(H,42,50)/t29-,30?,31-,32-/m0/s1. The quantitative estimate of drug-likeness (QED) is 0.101. The Morgan fingerprint density at radius 3 is 2.29 bits per heavy atom. The van der Waals surface area contributed by atoms with Crippen molar-refractivity contribution in [3.8, 4) is 0 Å². The van der Waals surface area contributed by atoms with Gasteiger partial charge in [0.05, 0.1) is 12.1 Å². The van der Waals surface area contributed by atoms with Gasteiger partial charge in [0.2, 0.25) is 17.6 Å². The number of hydrogen-bond donors (Lipinski definition) is 3. The first-order valence-corrected chi connectivity index (χ1v) is 18.6. The van der Waals surface area contributed by atoms with Gasteiger partial charge in [-0.3, -0.25) is 28.8 Å². The number of likely N-dealkylation sites (tertiary alicyclic amines) is 1. The summed E-state index contributed by atoms with van der Waals surface area (Å²) in [7, 11) is 0. The highest BCUT2D eigenvalue weighted by Gasteiger charge is 2.42. The largest absolute Gasteiger partial charge is 0.460 e. The highest BCUT2D eigenvalue weighted by Crippen LogP contribution is 2.35. The first-order chi connectivity index (χ1) is 24.9. The van der Waals surface area contributed by atoms with Crippen LogP contribution in [0.5, 0.6) is 0 Å². The maximum Gasteiger partial charge on any atom is 0.408 e. The van der Waals surface area contributed by atoms with Gasteiger partial charge < -0.3 is 30.3 Å². The Balaban J connectivity index is 1.72. The van der Waals surface area contributed by atoms with Gasteiger partial charge in [0, 0.05) is 18.9 Å². The Bertz CT molecular complexity index is 1390. The smallest absolute Gasteiger partial charge is 0.408 e. The summed E-state index contributed by atoms with van der Waals surface area (Å²) in [6, 6.07) is 6.34. The molecule has 1 heterocycles. The average Bonchev–Trinajstić information content (AvgIpc) is 3.64. The summed E-state index contributed by atoms with van der Waals surface area (Å²) in [4.78, 5) is 93.8. The molecular formula is C39H56N4O9. The Morgan fingerprint density at radius 2 is 1.63 bits per heavy atom. The fourth-order valence-corrected chi connectivity index (χ4v) is 6.94. The molecular weight excluding hydrogens is 668 g/mol. The van der Waals surface area contributed by atoms with Crippen molar-refractivity contribution in [2.24, 2.45) is 17.8 Å². The molecule has 1 aromatic rings. The Hall–Kier alpha value is -4.55. The molecule has 0 bridgehead atoms. The lowest BCUT2D eigenvalue weighted by atomic mass is 9.76.